The number of hydrogen-bond donors (Lipinski definition) is 0. The molecule has 1 saturated carbocycles. The molecule has 5 rings (SSSR count). The highest BCUT2D eigenvalue weighted by Gasteiger charge is 2.38. The summed E-state index contributed by atoms with van der Waals surface area (Å²) in [6, 6.07) is 13.3. The standard InChI is InChI=1S/C25H27N3O2/c26-13-17-5-4-8-20(11-17)22-9-10-23-21-12-18(15-28(23)25(22)30)14-27(16-21)24(29)19-6-2-1-3-7-19/h4-5,8-11,18-19,21H,1-3,6-7,12,14-16H2. The van der Waals surface area contributed by atoms with Gasteiger partial charge in [0.1, 0.15) is 0 Å². The zero-order valence-electron chi connectivity index (χ0n) is 17.2. The largest absolute Gasteiger partial charge is 0.341 e. The Morgan fingerprint density at radius 3 is 2.67 bits per heavy atom. The highest BCUT2D eigenvalue weighted by molar-refractivity contribution is 5.79. The number of hydrogen-bond acceptors (Lipinski definition) is 3. The first-order valence-corrected chi connectivity index (χ1v) is 11.2. The molecule has 2 aromatic rings. The fourth-order valence-corrected chi connectivity index (χ4v) is 5.71. The van der Waals surface area contributed by atoms with E-state index in [-0.39, 0.29) is 17.4 Å². The van der Waals surface area contributed by atoms with E-state index in [1.165, 1.54) is 19.3 Å². The van der Waals surface area contributed by atoms with Crippen molar-refractivity contribution in [1.29, 1.82) is 5.26 Å². The van der Waals surface area contributed by atoms with Crippen LogP contribution in [0.2, 0.25) is 0 Å². The lowest BCUT2D eigenvalue weighted by atomic mass is 9.81. The van der Waals surface area contributed by atoms with Gasteiger partial charge in [-0.3, -0.25) is 9.59 Å². The molecule has 0 radical (unpaired) electrons. The minimum Gasteiger partial charge on any atom is -0.341 e. The number of nitriles is 1. The van der Waals surface area contributed by atoms with Gasteiger partial charge in [0.05, 0.1) is 11.6 Å². The third-order valence-electron chi connectivity index (χ3n) is 7.17. The molecule has 1 saturated heterocycles. The molecule has 3 heterocycles. The summed E-state index contributed by atoms with van der Waals surface area (Å²) in [5, 5.41) is 9.18. The van der Waals surface area contributed by atoms with Crippen LogP contribution in [0.4, 0.5) is 0 Å². The molecule has 30 heavy (non-hydrogen) atoms. The van der Waals surface area contributed by atoms with Crippen LogP contribution in [0, 0.1) is 23.2 Å². The normalized spacial score (nSPS) is 23.5. The average molecular weight is 402 g/mol. The van der Waals surface area contributed by atoms with E-state index in [0.717, 1.165) is 43.6 Å². The van der Waals surface area contributed by atoms with E-state index in [9.17, 15) is 14.9 Å². The monoisotopic (exact) mass is 401 g/mol. The van der Waals surface area contributed by atoms with Gasteiger partial charge >= 0.3 is 0 Å². The number of benzene rings is 1. The van der Waals surface area contributed by atoms with Crippen LogP contribution < -0.4 is 5.56 Å². The van der Waals surface area contributed by atoms with Gasteiger partial charge in [-0.1, -0.05) is 31.4 Å². The number of piperidine rings is 1. The van der Waals surface area contributed by atoms with Gasteiger partial charge in [0.25, 0.3) is 5.56 Å². The second kappa shape index (κ2) is 7.75. The molecule has 1 aromatic heterocycles. The van der Waals surface area contributed by atoms with Gasteiger partial charge in [0.15, 0.2) is 0 Å². The van der Waals surface area contributed by atoms with Crippen molar-refractivity contribution in [2.24, 2.45) is 11.8 Å². The Labute approximate surface area is 176 Å². The van der Waals surface area contributed by atoms with Crippen molar-refractivity contribution < 1.29 is 4.79 Å². The highest BCUT2D eigenvalue weighted by Crippen LogP contribution is 2.37. The van der Waals surface area contributed by atoms with Gasteiger partial charge in [-0.25, -0.2) is 0 Å². The van der Waals surface area contributed by atoms with Gasteiger partial charge in [-0.2, -0.15) is 5.26 Å². The molecule has 2 atom stereocenters. The van der Waals surface area contributed by atoms with Crippen LogP contribution in [0.3, 0.4) is 0 Å². The van der Waals surface area contributed by atoms with E-state index in [2.05, 4.69) is 17.0 Å². The summed E-state index contributed by atoms with van der Waals surface area (Å²) < 4.78 is 1.93. The van der Waals surface area contributed by atoms with Crippen molar-refractivity contribution in [3.8, 4) is 17.2 Å². The topological polar surface area (TPSA) is 66.1 Å². The van der Waals surface area contributed by atoms with E-state index in [4.69, 9.17) is 0 Å². The Morgan fingerprint density at radius 2 is 1.87 bits per heavy atom. The number of fused-ring (bicyclic) bond motifs is 4. The van der Waals surface area contributed by atoms with E-state index >= 15 is 0 Å². The molecule has 5 heteroatoms. The van der Waals surface area contributed by atoms with Crippen LogP contribution in [0.25, 0.3) is 11.1 Å². The second-order valence-electron chi connectivity index (χ2n) is 9.16. The summed E-state index contributed by atoms with van der Waals surface area (Å²) in [6.07, 6.45) is 6.72. The molecule has 1 aliphatic carbocycles. The molecule has 154 valence electrons. The number of rotatable bonds is 2. The number of aromatic nitrogens is 1. The number of carbonyl (C=O) groups is 1. The predicted molar refractivity (Wildman–Crippen MR) is 115 cm³/mol. The molecule has 2 unspecified atom stereocenters. The smallest absolute Gasteiger partial charge is 0.258 e. The molecule has 2 fully saturated rings. The van der Waals surface area contributed by atoms with E-state index in [0.29, 0.717) is 29.5 Å². The Balaban J connectivity index is 1.43. The van der Waals surface area contributed by atoms with E-state index in [1.54, 1.807) is 12.1 Å². The fourth-order valence-electron chi connectivity index (χ4n) is 5.71. The minimum atomic E-state index is 0.0179. The summed E-state index contributed by atoms with van der Waals surface area (Å²) in [5.74, 6) is 1.11. The molecule has 0 N–H and O–H groups in total. The summed E-state index contributed by atoms with van der Waals surface area (Å²) >= 11 is 0. The maximum Gasteiger partial charge on any atom is 0.258 e. The summed E-state index contributed by atoms with van der Waals surface area (Å²) in [6.45, 7) is 2.17. The summed E-state index contributed by atoms with van der Waals surface area (Å²) in [5.41, 5.74) is 3.07. The zero-order valence-corrected chi connectivity index (χ0v) is 17.2. The maximum absolute atomic E-state index is 13.3. The summed E-state index contributed by atoms with van der Waals surface area (Å²) in [7, 11) is 0. The lowest BCUT2D eigenvalue weighted by Crippen LogP contribution is -2.50. The molecule has 1 aromatic carbocycles. The number of nitrogens with zero attached hydrogens (tertiary/aromatic N) is 3. The molecular weight excluding hydrogens is 374 g/mol. The Hall–Kier alpha value is -2.87. The lowest BCUT2D eigenvalue weighted by Gasteiger charge is -2.44. The SMILES string of the molecule is N#Cc1cccc(-c2ccc3n(c2=O)CC2CC3CN(C(=O)C3CCCCC3)C2)c1. The van der Waals surface area contributed by atoms with Gasteiger partial charge in [0.2, 0.25) is 5.91 Å². The molecule has 2 aliphatic heterocycles. The van der Waals surface area contributed by atoms with Crippen molar-refractivity contribution in [2.45, 2.75) is 51.0 Å². The number of carbonyl (C=O) groups excluding carboxylic acids is 1. The second-order valence-corrected chi connectivity index (χ2v) is 9.16. The molecule has 3 aliphatic rings. The van der Waals surface area contributed by atoms with E-state index < -0.39 is 0 Å². The molecular formula is C25H27N3O2. The number of amides is 1. The fraction of sp³-hybridized carbons (Fsp3) is 0.480. The third kappa shape index (κ3) is 3.35. The van der Waals surface area contributed by atoms with Crippen LogP contribution in [0.1, 0.15) is 55.7 Å². The first-order valence-electron chi connectivity index (χ1n) is 11.2. The Kier molecular flexibility index (Phi) is 4.94. The van der Waals surface area contributed by atoms with Crippen LogP contribution in [-0.4, -0.2) is 28.5 Å². The highest BCUT2D eigenvalue weighted by atomic mass is 16.2. The molecule has 0 spiro atoms. The predicted octanol–water partition coefficient (Wildman–Crippen LogP) is 3.91. The molecule has 2 bridgehead atoms. The first kappa shape index (κ1) is 19.1. The quantitative estimate of drug-likeness (QED) is 0.766. The van der Waals surface area contributed by atoms with Crippen LogP contribution in [-0.2, 0) is 11.3 Å². The Morgan fingerprint density at radius 1 is 1.03 bits per heavy atom. The van der Waals surface area contributed by atoms with Crippen molar-refractivity contribution in [2.75, 3.05) is 13.1 Å². The first-order chi connectivity index (χ1) is 14.6. The van der Waals surface area contributed by atoms with Gasteiger partial charge in [-0.15, -0.1) is 0 Å². The van der Waals surface area contributed by atoms with Crippen LogP contribution in [0.5, 0.6) is 0 Å². The van der Waals surface area contributed by atoms with Crippen molar-refractivity contribution in [3.05, 3.63) is 58.0 Å². The minimum absolute atomic E-state index is 0.0179. The lowest BCUT2D eigenvalue weighted by molar-refractivity contribution is -0.139. The zero-order chi connectivity index (χ0) is 20.7. The average Bonchev–Trinajstić information content (AvgIpc) is 2.80. The summed E-state index contributed by atoms with van der Waals surface area (Å²) in [4.78, 5) is 28.5. The van der Waals surface area contributed by atoms with Crippen molar-refractivity contribution in [1.82, 2.24) is 9.47 Å². The van der Waals surface area contributed by atoms with Gasteiger partial charge < -0.3 is 9.47 Å². The molecule has 5 nitrogen and oxygen atoms in total. The molecule has 1 amide bonds. The van der Waals surface area contributed by atoms with Crippen molar-refractivity contribution >= 4 is 5.91 Å². The van der Waals surface area contributed by atoms with Gasteiger partial charge in [0, 0.05) is 42.7 Å². The van der Waals surface area contributed by atoms with Gasteiger partial charge in [-0.05, 0) is 55.0 Å². The third-order valence-corrected chi connectivity index (χ3v) is 7.17. The number of pyridine rings is 1. The van der Waals surface area contributed by atoms with E-state index in [1.807, 2.05) is 22.8 Å². The Bertz CT molecular complexity index is 1070. The van der Waals surface area contributed by atoms with Crippen LogP contribution >= 0.6 is 0 Å². The number of likely N-dealkylation sites (tertiary alicyclic amines) is 1. The van der Waals surface area contributed by atoms with Crippen molar-refractivity contribution in [3.63, 3.8) is 0 Å². The van der Waals surface area contributed by atoms with Crippen LogP contribution in [0.15, 0.2) is 41.2 Å². The maximum atomic E-state index is 13.3.